The van der Waals surface area contributed by atoms with Crippen molar-refractivity contribution in [2.45, 2.75) is 26.2 Å². The number of aryl methyl sites for hydroxylation is 1. The number of halogens is 3. The molecule has 0 radical (unpaired) electrons. The Kier molecular flexibility index (Phi) is 7.58. The number of nitrogens with zero attached hydrogens (tertiary/aromatic N) is 1. The van der Waals surface area contributed by atoms with Crippen molar-refractivity contribution < 1.29 is 27.4 Å². The summed E-state index contributed by atoms with van der Waals surface area (Å²) in [6.07, 6.45) is -4.41. The summed E-state index contributed by atoms with van der Waals surface area (Å²) in [5, 5.41) is 2.89. The second-order valence-corrected chi connectivity index (χ2v) is 6.26. The van der Waals surface area contributed by atoms with Crippen LogP contribution in [0, 0.1) is 6.92 Å². The second kappa shape index (κ2) is 9.90. The van der Waals surface area contributed by atoms with Gasteiger partial charge in [-0.2, -0.15) is 13.2 Å². The second-order valence-electron chi connectivity index (χ2n) is 6.26. The van der Waals surface area contributed by atoms with Crippen molar-refractivity contribution in [3.63, 3.8) is 0 Å². The third kappa shape index (κ3) is 7.10. The molecule has 3 N–H and O–H groups in total. The number of alkyl halides is 3. The molecule has 0 saturated carbocycles. The fourth-order valence-electron chi connectivity index (χ4n) is 2.50. The summed E-state index contributed by atoms with van der Waals surface area (Å²) in [7, 11) is 3.09. The van der Waals surface area contributed by atoms with E-state index in [0.29, 0.717) is 23.6 Å². The quantitative estimate of drug-likeness (QED) is 0.513. The molecule has 0 aliphatic carbocycles. The van der Waals surface area contributed by atoms with Crippen molar-refractivity contribution in [3.05, 3.63) is 53.1 Å². The molecule has 0 aliphatic heterocycles. The molecule has 9 heteroatoms. The molecule has 0 atom stereocenters. The van der Waals surface area contributed by atoms with Gasteiger partial charge in [0.25, 0.3) is 0 Å². The number of ether oxygens (including phenoxy) is 3. The van der Waals surface area contributed by atoms with Gasteiger partial charge in [0.05, 0.1) is 20.8 Å². The molecule has 0 spiro atoms. The lowest BCUT2D eigenvalue weighted by molar-refractivity contribution is -0.153. The first-order valence-corrected chi connectivity index (χ1v) is 8.75. The average Bonchev–Trinajstić information content (AvgIpc) is 2.69. The van der Waals surface area contributed by atoms with Crippen LogP contribution in [0.1, 0.15) is 16.7 Å². The van der Waals surface area contributed by atoms with Gasteiger partial charge in [-0.15, -0.1) is 0 Å². The summed E-state index contributed by atoms with van der Waals surface area (Å²) in [6, 6.07) is 10.4. The number of nitrogens with two attached hydrogens (primary N) is 1. The fourth-order valence-corrected chi connectivity index (χ4v) is 2.50. The minimum atomic E-state index is -4.41. The molecule has 0 fully saturated rings. The van der Waals surface area contributed by atoms with Crippen LogP contribution in [-0.4, -0.2) is 33.0 Å². The number of benzene rings is 2. The minimum absolute atomic E-state index is 0.155. The van der Waals surface area contributed by atoms with Crippen LogP contribution >= 0.6 is 0 Å². The SMILES string of the molecule is COc1ccc(CN=C(N)NCc2ccc(C)cc2OCC(F)(F)F)cc1OC. The van der Waals surface area contributed by atoms with E-state index in [1.165, 1.54) is 0 Å². The zero-order valence-corrected chi connectivity index (χ0v) is 16.5. The molecule has 2 aromatic rings. The highest BCUT2D eigenvalue weighted by atomic mass is 19.4. The fraction of sp³-hybridized carbons (Fsp3) is 0.350. The van der Waals surface area contributed by atoms with Crippen molar-refractivity contribution in [1.82, 2.24) is 5.32 Å². The molecule has 2 aromatic carbocycles. The highest BCUT2D eigenvalue weighted by Crippen LogP contribution is 2.28. The van der Waals surface area contributed by atoms with Crippen LogP contribution in [-0.2, 0) is 13.1 Å². The maximum absolute atomic E-state index is 12.5. The van der Waals surface area contributed by atoms with Gasteiger partial charge in [0.15, 0.2) is 24.1 Å². The first-order chi connectivity index (χ1) is 13.7. The Bertz CT molecular complexity index is 855. The monoisotopic (exact) mass is 411 g/mol. The molecule has 0 saturated heterocycles. The molecular weight excluding hydrogens is 387 g/mol. The van der Waals surface area contributed by atoms with E-state index in [9.17, 15) is 13.2 Å². The molecular formula is C20H24F3N3O3. The van der Waals surface area contributed by atoms with Crippen molar-refractivity contribution in [2.75, 3.05) is 20.8 Å². The van der Waals surface area contributed by atoms with Crippen LogP contribution in [0.4, 0.5) is 13.2 Å². The van der Waals surface area contributed by atoms with E-state index in [2.05, 4.69) is 10.3 Å². The summed E-state index contributed by atoms with van der Waals surface area (Å²) in [6.45, 7) is 0.891. The lowest BCUT2D eigenvalue weighted by Crippen LogP contribution is -2.31. The van der Waals surface area contributed by atoms with E-state index in [1.54, 1.807) is 51.5 Å². The minimum Gasteiger partial charge on any atom is -0.493 e. The third-order valence-corrected chi connectivity index (χ3v) is 3.95. The Balaban J connectivity index is 2.00. The summed E-state index contributed by atoms with van der Waals surface area (Å²) in [5.41, 5.74) is 8.08. The zero-order chi connectivity index (χ0) is 21.4. The first kappa shape index (κ1) is 22.2. The molecule has 6 nitrogen and oxygen atoms in total. The highest BCUT2D eigenvalue weighted by molar-refractivity contribution is 5.77. The number of guanidine groups is 1. The van der Waals surface area contributed by atoms with E-state index < -0.39 is 12.8 Å². The maximum atomic E-state index is 12.5. The molecule has 0 amide bonds. The summed E-state index contributed by atoms with van der Waals surface area (Å²) in [4.78, 5) is 4.24. The van der Waals surface area contributed by atoms with Crippen LogP contribution in [0.25, 0.3) is 0 Å². The van der Waals surface area contributed by atoms with Crippen molar-refractivity contribution in [3.8, 4) is 17.2 Å². The van der Waals surface area contributed by atoms with Gasteiger partial charge in [0, 0.05) is 12.1 Å². The number of rotatable bonds is 8. The third-order valence-electron chi connectivity index (χ3n) is 3.95. The largest absolute Gasteiger partial charge is 0.493 e. The number of aliphatic imine (C=N–C) groups is 1. The molecule has 0 bridgehead atoms. The van der Waals surface area contributed by atoms with Gasteiger partial charge in [0.1, 0.15) is 5.75 Å². The first-order valence-electron chi connectivity index (χ1n) is 8.75. The molecule has 0 aromatic heterocycles. The number of nitrogens with one attached hydrogen (secondary N) is 1. The molecule has 0 aliphatic rings. The van der Waals surface area contributed by atoms with Gasteiger partial charge < -0.3 is 25.3 Å². The van der Waals surface area contributed by atoms with Gasteiger partial charge in [-0.3, -0.25) is 0 Å². The standard InChI is InChI=1S/C20H24F3N3O3/c1-13-4-6-15(17(8-13)29-12-20(21,22)23)11-26-19(24)25-10-14-5-7-16(27-2)18(9-14)28-3/h4-9H,10-12H2,1-3H3,(H3,24,25,26). The maximum Gasteiger partial charge on any atom is 0.422 e. The van der Waals surface area contributed by atoms with Crippen LogP contribution in [0.3, 0.4) is 0 Å². The highest BCUT2D eigenvalue weighted by Gasteiger charge is 2.28. The van der Waals surface area contributed by atoms with Gasteiger partial charge in [0.2, 0.25) is 0 Å². The van der Waals surface area contributed by atoms with Crippen LogP contribution < -0.4 is 25.3 Å². The van der Waals surface area contributed by atoms with Gasteiger partial charge >= 0.3 is 6.18 Å². The van der Waals surface area contributed by atoms with E-state index in [1.807, 2.05) is 6.07 Å². The van der Waals surface area contributed by atoms with Gasteiger partial charge in [-0.25, -0.2) is 4.99 Å². The normalized spacial score (nSPS) is 11.9. The molecule has 158 valence electrons. The smallest absolute Gasteiger partial charge is 0.422 e. The van der Waals surface area contributed by atoms with Gasteiger partial charge in [-0.1, -0.05) is 18.2 Å². The predicted molar refractivity (Wildman–Crippen MR) is 104 cm³/mol. The van der Waals surface area contributed by atoms with Crippen molar-refractivity contribution >= 4 is 5.96 Å². The molecule has 2 rings (SSSR count). The summed E-state index contributed by atoms with van der Waals surface area (Å²) >= 11 is 0. The van der Waals surface area contributed by atoms with Crippen LogP contribution in [0.2, 0.25) is 0 Å². The lowest BCUT2D eigenvalue weighted by Gasteiger charge is -2.15. The summed E-state index contributed by atoms with van der Waals surface area (Å²) in [5.74, 6) is 1.50. The van der Waals surface area contributed by atoms with Gasteiger partial charge in [-0.05, 0) is 36.2 Å². The number of methoxy groups -OCH3 is 2. The van der Waals surface area contributed by atoms with Crippen LogP contribution in [0.5, 0.6) is 17.2 Å². The van der Waals surface area contributed by atoms with Crippen LogP contribution in [0.15, 0.2) is 41.4 Å². The Labute approximate surface area is 167 Å². The molecule has 0 heterocycles. The Hall–Kier alpha value is -3.10. The average molecular weight is 411 g/mol. The lowest BCUT2D eigenvalue weighted by atomic mass is 10.1. The van der Waals surface area contributed by atoms with E-state index in [0.717, 1.165) is 11.1 Å². The zero-order valence-electron chi connectivity index (χ0n) is 16.5. The molecule has 0 unspecified atom stereocenters. The Morgan fingerprint density at radius 3 is 2.41 bits per heavy atom. The van der Waals surface area contributed by atoms with Crippen molar-refractivity contribution in [2.24, 2.45) is 10.7 Å². The number of hydrogen-bond donors (Lipinski definition) is 2. The number of hydrogen-bond acceptors (Lipinski definition) is 4. The Morgan fingerprint density at radius 1 is 1.03 bits per heavy atom. The van der Waals surface area contributed by atoms with Crippen molar-refractivity contribution in [1.29, 1.82) is 0 Å². The topological polar surface area (TPSA) is 78.1 Å². The van der Waals surface area contributed by atoms with E-state index in [4.69, 9.17) is 19.9 Å². The molecule has 29 heavy (non-hydrogen) atoms. The van der Waals surface area contributed by atoms with E-state index >= 15 is 0 Å². The Morgan fingerprint density at radius 2 is 1.76 bits per heavy atom. The predicted octanol–water partition coefficient (Wildman–Crippen LogP) is 3.56. The van der Waals surface area contributed by atoms with E-state index in [-0.39, 0.29) is 18.3 Å². The summed E-state index contributed by atoms with van der Waals surface area (Å²) < 4.78 is 52.7.